The van der Waals surface area contributed by atoms with Crippen molar-refractivity contribution >= 4 is 23.3 Å². The topological polar surface area (TPSA) is 52.6 Å². The first kappa shape index (κ1) is 22.2. The molecule has 1 aromatic rings. The number of carbonyl (C=O) groups excluding carboxylic acids is 1. The van der Waals surface area contributed by atoms with Crippen LogP contribution in [0.15, 0.2) is 24.3 Å². The van der Waals surface area contributed by atoms with Crippen molar-refractivity contribution in [1.29, 1.82) is 0 Å². The molecule has 0 atom stereocenters. The molecular formula is C23H36N3O2S+. The fourth-order valence-electron chi connectivity index (χ4n) is 4.72. The van der Waals surface area contributed by atoms with E-state index in [1.54, 1.807) is 0 Å². The summed E-state index contributed by atoms with van der Waals surface area (Å²) in [6.45, 7) is 7.99. The minimum Gasteiger partial charge on any atom is -0.369 e. The second kappa shape index (κ2) is 11.6. The third-order valence-electron chi connectivity index (χ3n) is 6.54. The van der Waals surface area contributed by atoms with Crippen molar-refractivity contribution in [3.05, 3.63) is 29.8 Å². The van der Waals surface area contributed by atoms with Gasteiger partial charge in [-0.25, -0.2) is 0 Å². The van der Waals surface area contributed by atoms with Gasteiger partial charge in [0.2, 0.25) is 0 Å². The van der Waals surface area contributed by atoms with Gasteiger partial charge in [-0.05, 0) is 75.1 Å². The van der Waals surface area contributed by atoms with Gasteiger partial charge in [-0.3, -0.25) is 9.69 Å². The smallest absolute Gasteiger partial charge is 0.369 e. The molecular weight excluding hydrogens is 382 g/mol. The van der Waals surface area contributed by atoms with Crippen LogP contribution in [0, 0.1) is 5.92 Å². The van der Waals surface area contributed by atoms with Crippen LogP contribution >= 0.6 is 0 Å². The maximum absolute atomic E-state index is 11.5. The SMILES string of the molecule is CCc1cccc(N2CCN(CCCC3CCC(NC(=O)C[S+]=O)CC3)CC2)c1. The van der Waals surface area contributed by atoms with Crippen molar-refractivity contribution in [2.24, 2.45) is 5.92 Å². The van der Waals surface area contributed by atoms with Crippen LogP contribution in [0.4, 0.5) is 5.69 Å². The monoisotopic (exact) mass is 418 g/mol. The summed E-state index contributed by atoms with van der Waals surface area (Å²) in [6.07, 6.45) is 8.22. The van der Waals surface area contributed by atoms with Gasteiger partial charge in [0.15, 0.2) is 0 Å². The number of amides is 1. The van der Waals surface area contributed by atoms with Crippen LogP contribution in [0.2, 0.25) is 0 Å². The first-order chi connectivity index (χ1) is 14.2. The zero-order chi connectivity index (χ0) is 20.5. The Kier molecular flexibility index (Phi) is 8.87. The normalized spacial score (nSPS) is 23.0. The first-order valence-electron chi connectivity index (χ1n) is 11.3. The summed E-state index contributed by atoms with van der Waals surface area (Å²) in [5.74, 6) is 0.737. The van der Waals surface area contributed by atoms with E-state index in [1.165, 1.54) is 43.5 Å². The number of piperazine rings is 1. The number of hydrogen-bond donors (Lipinski definition) is 1. The molecule has 29 heavy (non-hydrogen) atoms. The number of nitrogens with one attached hydrogen (secondary N) is 1. The molecule has 2 fully saturated rings. The van der Waals surface area contributed by atoms with E-state index in [-0.39, 0.29) is 17.7 Å². The van der Waals surface area contributed by atoms with E-state index in [2.05, 4.69) is 46.3 Å². The Bertz CT molecular complexity index is 653. The second-order valence-electron chi connectivity index (χ2n) is 8.54. The van der Waals surface area contributed by atoms with Crippen molar-refractivity contribution in [2.45, 2.75) is 57.9 Å². The van der Waals surface area contributed by atoms with Gasteiger partial charge in [0.1, 0.15) is 0 Å². The standard InChI is InChI=1S/C23H35N3O2S/c1-2-19-5-3-7-22(17-19)26-15-13-25(14-16-26)12-4-6-20-8-10-21(11-9-20)24-23(27)18-29-28/h3,5,7,17,20-21H,2,4,6,8-16,18H2,1H3/p+1. The van der Waals surface area contributed by atoms with E-state index < -0.39 is 0 Å². The van der Waals surface area contributed by atoms with Crippen LogP contribution in [0.5, 0.6) is 0 Å². The highest BCUT2D eigenvalue weighted by molar-refractivity contribution is 7.66. The van der Waals surface area contributed by atoms with Gasteiger partial charge < -0.3 is 10.2 Å². The lowest BCUT2D eigenvalue weighted by molar-refractivity contribution is -0.119. The van der Waals surface area contributed by atoms with Crippen molar-refractivity contribution in [2.75, 3.05) is 43.4 Å². The summed E-state index contributed by atoms with van der Waals surface area (Å²) >= 11 is 0.354. The Morgan fingerprint density at radius 2 is 1.90 bits per heavy atom. The number of benzene rings is 1. The maximum Gasteiger partial charge on any atom is 0.469 e. The summed E-state index contributed by atoms with van der Waals surface area (Å²) in [6, 6.07) is 9.27. The molecule has 1 aromatic carbocycles. The van der Waals surface area contributed by atoms with Gasteiger partial charge >= 0.3 is 17.4 Å². The van der Waals surface area contributed by atoms with Gasteiger partial charge in [0.25, 0.3) is 5.91 Å². The summed E-state index contributed by atoms with van der Waals surface area (Å²) in [5.41, 5.74) is 2.80. The van der Waals surface area contributed by atoms with Crippen molar-refractivity contribution < 1.29 is 9.00 Å². The lowest BCUT2D eigenvalue weighted by Crippen LogP contribution is -2.46. The Balaban J connectivity index is 1.29. The molecule has 1 saturated carbocycles. The molecule has 1 heterocycles. The number of anilines is 1. The molecule has 1 aliphatic carbocycles. The van der Waals surface area contributed by atoms with Gasteiger partial charge in [-0.1, -0.05) is 19.1 Å². The summed E-state index contributed by atoms with van der Waals surface area (Å²) < 4.78 is 10.4. The third-order valence-corrected chi connectivity index (χ3v) is 6.92. The average Bonchev–Trinajstić information content (AvgIpc) is 2.76. The molecule has 1 N–H and O–H groups in total. The molecule has 1 aliphatic heterocycles. The van der Waals surface area contributed by atoms with E-state index in [0.717, 1.165) is 51.4 Å². The predicted octanol–water partition coefficient (Wildman–Crippen LogP) is 3.25. The number of hydrogen-bond acceptors (Lipinski definition) is 4. The van der Waals surface area contributed by atoms with E-state index in [9.17, 15) is 9.00 Å². The highest BCUT2D eigenvalue weighted by Crippen LogP contribution is 2.28. The zero-order valence-electron chi connectivity index (χ0n) is 17.8. The van der Waals surface area contributed by atoms with Gasteiger partial charge in [-0.2, -0.15) is 0 Å². The molecule has 1 amide bonds. The molecule has 0 radical (unpaired) electrons. The van der Waals surface area contributed by atoms with Crippen molar-refractivity contribution in [3.8, 4) is 0 Å². The van der Waals surface area contributed by atoms with Crippen molar-refractivity contribution in [3.63, 3.8) is 0 Å². The molecule has 0 spiro atoms. The molecule has 5 nitrogen and oxygen atoms in total. The summed E-state index contributed by atoms with van der Waals surface area (Å²) in [4.78, 5) is 16.7. The number of carbonyl (C=O) groups is 1. The van der Waals surface area contributed by atoms with Crippen LogP contribution in [0.1, 0.15) is 51.0 Å². The van der Waals surface area contributed by atoms with Crippen LogP contribution in [0.3, 0.4) is 0 Å². The van der Waals surface area contributed by atoms with Crippen LogP contribution < -0.4 is 10.2 Å². The minimum absolute atomic E-state index is 0.0389. The molecule has 2 aliphatic rings. The summed E-state index contributed by atoms with van der Waals surface area (Å²) in [5, 5.41) is 3.00. The molecule has 160 valence electrons. The molecule has 3 rings (SSSR count). The fourth-order valence-corrected chi connectivity index (χ4v) is 4.92. The highest BCUT2D eigenvalue weighted by atomic mass is 32.1. The van der Waals surface area contributed by atoms with Crippen molar-refractivity contribution in [1.82, 2.24) is 10.2 Å². The van der Waals surface area contributed by atoms with E-state index in [4.69, 9.17) is 0 Å². The Labute approximate surface area is 179 Å². The van der Waals surface area contributed by atoms with Gasteiger partial charge in [-0.15, -0.1) is 0 Å². The lowest BCUT2D eigenvalue weighted by atomic mass is 9.83. The van der Waals surface area contributed by atoms with E-state index >= 15 is 0 Å². The number of nitrogens with zero attached hydrogens (tertiary/aromatic N) is 2. The molecule has 0 aromatic heterocycles. The first-order valence-corrected chi connectivity index (χ1v) is 12.2. The Morgan fingerprint density at radius 1 is 1.14 bits per heavy atom. The minimum atomic E-state index is -0.103. The number of aryl methyl sites for hydroxylation is 1. The largest absolute Gasteiger partial charge is 0.469 e. The molecule has 0 unspecified atom stereocenters. The maximum atomic E-state index is 11.5. The highest BCUT2D eigenvalue weighted by Gasteiger charge is 2.24. The number of rotatable bonds is 9. The molecule has 1 saturated heterocycles. The second-order valence-corrected chi connectivity index (χ2v) is 9.07. The fraction of sp³-hybridized carbons (Fsp3) is 0.696. The van der Waals surface area contributed by atoms with E-state index in [0.29, 0.717) is 11.7 Å². The van der Waals surface area contributed by atoms with E-state index in [1.807, 2.05) is 0 Å². The summed E-state index contributed by atoms with van der Waals surface area (Å²) in [7, 11) is 0. The lowest BCUT2D eigenvalue weighted by Gasteiger charge is -2.36. The van der Waals surface area contributed by atoms with Crippen LogP contribution in [-0.2, 0) is 27.1 Å². The zero-order valence-corrected chi connectivity index (χ0v) is 18.6. The third kappa shape index (κ3) is 7.03. The van der Waals surface area contributed by atoms with Gasteiger partial charge in [0, 0.05) is 42.1 Å². The molecule has 6 heteroatoms. The molecule has 0 bridgehead atoms. The predicted molar refractivity (Wildman–Crippen MR) is 121 cm³/mol. The average molecular weight is 419 g/mol. The van der Waals surface area contributed by atoms with Crippen LogP contribution in [-0.4, -0.2) is 55.3 Å². The quantitative estimate of drug-likeness (QED) is 0.626. The van der Waals surface area contributed by atoms with Crippen LogP contribution in [0.25, 0.3) is 0 Å². The van der Waals surface area contributed by atoms with Gasteiger partial charge in [0.05, 0.1) is 0 Å². The Hall–Kier alpha value is -1.53. The Morgan fingerprint density at radius 3 is 2.59 bits per heavy atom.